The molecule has 1 fully saturated rings. The molecule has 2 aromatic rings. The van der Waals surface area contributed by atoms with Gasteiger partial charge in [0.15, 0.2) is 0 Å². The van der Waals surface area contributed by atoms with Gasteiger partial charge in [0.05, 0.1) is 10.6 Å². The zero-order chi connectivity index (χ0) is 20.3. The van der Waals surface area contributed by atoms with Crippen molar-refractivity contribution >= 4 is 35.3 Å². The molecule has 0 aromatic heterocycles. The Morgan fingerprint density at radius 2 is 1.93 bits per heavy atom. The maximum atomic E-state index is 13.6. The molecule has 3 rings (SSSR count). The monoisotopic (exact) mass is 383 g/mol. The normalized spacial score (nSPS) is 16.4. The van der Waals surface area contributed by atoms with E-state index < -0.39 is 22.7 Å². The van der Waals surface area contributed by atoms with E-state index in [2.05, 4.69) is 15.6 Å². The first kappa shape index (κ1) is 18.7. The highest BCUT2D eigenvalue weighted by molar-refractivity contribution is 6.17. The number of carbonyl (C=O) groups excluding carboxylic acids is 2. The number of nitrogens with one attached hydrogen (secondary N) is 2. The molecule has 0 unspecified atom stereocenters. The summed E-state index contributed by atoms with van der Waals surface area (Å²) in [6, 6.07) is 10.4. The smallest absolute Gasteiger partial charge is 0.310 e. The molecule has 0 aliphatic carbocycles. The third-order valence-corrected chi connectivity index (χ3v) is 3.87. The number of halogens is 1. The molecule has 3 amide bonds. The van der Waals surface area contributed by atoms with E-state index in [1.54, 1.807) is 6.07 Å². The van der Waals surface area contributed by atoms with Crippen LogP contribution in [-0.4, -0.2) is 34.8 Å². The highest BCUT2D eigenvalue weighted by Crippen LogP contribution is 2.18. The van der Waals surface area contributed by atoms with Crippen molar-refractivity contribution in [3.8, 4) is 0 Å². The van der Waals surface area contributed by atoms with Crippen LogP contribution in [-0.2, 0) is 4.79 Å². The van der Waals surface area contributed by atoms with Crippen LogP contribution in [0.4, 0.5) is 20.6 Å². The number of hydrogen-bond acceptors (Lipinski definition) is 4. The third kappa shape index (κ3) is 4.01. The Bertz CT molecular complexity index is 1020. The summed E-state index contributed by atoms with van der Waals surface area (Å²) in [5, 5.41) is 15.4. The van der Waals surface area contributed by atoms with Crippen LogP contribution < -0.4 is 10.6 Å². The van der Waals surface area contributed by atoms with E-state index in [9.17, 15) is 24.1 Å². The number of amides is 3. The van der Waals surface area contributed by atoms with Gasteiger partial charge in [-0.3, -0.25) is 20.2 Å². The van der Waals surface area contributed by atoms with Gasteiger partial charge in [-0.2, -0.15) is 4.99 Å². The van der Waals surface area contributed by atoms with Crippen molar-refractivity contribution in [2.75, 3.05) is 12.4 Å². The summed E-state index contributed by atoms with van der Waals surface area (Å²) < 4.78 is 13.6. The molecule has 28 heavy (non-hydrogen) atoms. The number of benzene rings is 2. The Labute approximate surface area is 158 Å². The maximum Gasteiger partial charge on any atom is 0.348 e. The molecule has 2 N–H and O–H groups in total. The van der Waals surface area contributed by atoms with Gasteiger partial charge in [0, 0.05) is 19.2 Å². The number of non-ortho nitro benzene ring substituents is 1. The molecule has 0 atom stereocenters. The fraction of sp³-hybridized carbons (Fsp3) is 0.0556. The van der Waals surface area contributed by atoms with Crippen LogP contribution in [0.5, 0.6) is 0 Å². The molecule has 0 bridgehead atoms. The fourth-order valence-corrected chi connectivity index (χ4v) is 2.43. The largest absolute Gasteiger partial charge is 0.348 e. The van der Waals surface area contributed by atoms with E-state index in [1.165, 1.54) is 60.5 Å². The van der Waals surface area contributed by atoms with Crippen LogP contribution in [0.1, 0.15) is 5.56 Å². The predicted molar refractivity (Wildman–Crippen MR) is 99.8 cm³/mol. The topological polar surface area (TPSA) is 117 Å². The number of nitrogens with zero attached hydrogens (tertiary/aromatic N) is 3. The standard InChI is InChI=1S/C18H14FN5O4/c1-23-15(10-11-6-8-12(9-7-11)24(27)28)16(25)21-17(23)22-18(26)20-14-5-3-2-4-13(14)19/h2-10H,1H3,(H2,20,21,22,25,26)/b15-10+. The van der Waals surface area contributed by atoms with Crippen LogP contribution >= 0.6 is 0 Å². The lowest BCUT2D eigenvalue weighted by Gasteiger charge is -2.11. The van der Waals surface area contributed by atoms with Crippen molar-refractivity contribution in [3.05, 3.63) is 75.7 Å². The Hall–Kier alpha value is -4.08. The predicted octanol–water partition coefficient (Wildman–Crippen LogP) is 2.72. The van der Waals surface area contributed by atoms with Crippen molar-refractivity contribution in [2.24, 2.45) is 4.99 Å². The molecule has 1 saturated heterocycles. The van der Waals surface area contributed by atoms with E-state index in [4.69, 9.17) is 0 Å². The van der Waals surface area contributed by atoms with E-state index in [1.807, 2.05) is 0 Å². The number of rotatable bonds is 3. The SMILES string of the molecule is CN1/C(=C/c2ccc([N+](=O)[O-])cc2)C(=O)N/C1=N\C(=O)Nc1ccccc1F. The van der Waals surface area contributed by atoms with Crippen molar-refractivity contribution in [1.29, 1.82) is 0 Å². The second-order valence-electron chi connectivity index (χ2n) is 5.74. The average Bonchev–Trinajstić information content (AvgIpc) is 2.91. The zero-order valence-corrected chi connectivity index (χ0v) is 14.5. The zero-order valence-electron chi connectivity index (χ0n) is 14.5. The number of likely N-dealkylation sites (N-methyl/N-ethyl adjacent to an activating group) is 1. The summed E-state index contributed by atoms with van der Waals surface area (Å²) in [5.41, 5.74) is 0.634. The van der Waals surface area contributed by atoms with Crippen LogP contribution in [0.15, 0.2) is 59.2 Å². The number of urea groups is 1. The second-order valence-corrected chi connectivity index (χ2v) is 5.74. The van der Waals surface area contributed by atoms with Crippen molar-refractivity contribution in [2.45, 2.75) is 0 Å². The number of anilines is 1. The third-order valence-electron chi connectivity index (χ3n) is 3.87. The summed E-state index contributed by atoms with van der Waals surface area (Å²) in [7, 11) is 1.52. The van der Waals surface area contributed by atoms with Gasteiger partial charge in [-0.1, -0.05) is 12.1 Å². The molecule has 2 aromatic carbocycles. The first-order chi connectivity index (χ1) is 13.3. The highest BCUT2D eigenvalue weighted by atomic mass is 19.1. The first-order valence-electron chi connectivity index (χ1n) is 8.00. The average molecular weight is 383 g/mol. The number of nitro groups is 1. The number of para-hydroxylation sites is 1. The first-order valence-corrected chi connectivity index (χ1v) is 8.00. The van der Waals surface area contributed by atoms with Gasteiger partial charge >= 0.3 is 6.03 Å². The van der Waals surface area contributed by atoms with E-state index in [0.717, 1.165) is 0 Å². The Kier molecular flexibility index (Phi) is 5.12. The quantitative estimate of drug-likeness (QED) is 0.480. The van der Waals surface area contributed by atoms with Gasteiger partial charge in [-0.05, 0) is 35.9 Å². The fourth-order valence-electron chi connectivity index (χ4n) is 2.43. The van der Waals surface area contributed by atoms with Crippen molar-refractivity contribution in [3.63, 3.8) is 0 Å². The number of carbonyl (C=O) groups is 2. The van der Waals surface area contributed by atoms with E-state index >= 15 is 0 Å². The van der Waals surface area contributed by atoms with Gasteiger partial charge in [0.1, 0.15) is 11.5 Å². The number of hydrogen-bond donors (Lipinski definition) is 2. The second kappa shape index (κ2) is 7.66. The summed E-state index contributed by atoms with van der Waals surface area (Å²) >= 11 is 0. The summed E-state index contributed by atoms with van der Waals surface area (Å²) in [4.78, 5) is 39.4. The van der Waals surface area contributed by atoms with Gasteiger partial charge in [0.2, 0.25) is 5.96 Å². The van der Waals surface area contributed by atoms with E-state index in [0.29, 0.717) is 5.56 Å². The molecule has 1 aliphatic rings. The lowest BCUT2D eigenvalue weighted by atomic mass is 10.1. The number of aliphatic imine (C=N–C) groups is 1. The molecule has 1 aliphatic heterocycles. The Morgan fingerprint density at radius 1 is 1.25 bits per heavy atom. The minimum atomic E-state index is -0.858. The summed E-state index contributed by atoms with van der Waals surface area (Å²) in [6.45, 7) is 0. The molecule has 142 valence electrons. The molecule has 1 heterocycles. The van der Waals surface area contributed by atoms with Gasteiger partial charge in [0.25, 0.3) is 11.6 Å². The molecular weight excluding hydrogens is 369 g/mol. The van der Waals surface area contributed by atoms with Gasteiger partial charge in [-0.25, -0.2) is 9.18 Å². The summed E-state index contributed by atoms with van der Waals surface area (Å²) in [5.74, 6) is -1.15. The van der Waals surface area contributed by atoms with Gasteiger partial charge in [-0.15, -0.1) is 0 Å². The van der Waals surface area contributed by atoms with Crippen LogP contribution in [0, 0.1) is 15.9 Å². The molecule has 10 heteroatoms. The minimum absolute atomic E-state index is 0.0352. The lowest BCUT2D eigenvalue weighted by molar-refractivity contribution is -0.384. The van der Waals surface area contributed by atoms with Gasteiger partial charge < -0.3 is 10.2 Å². The Balaban J connectivity index is 1.77. The molecule has 0 spiro atoms. The highest BCUT2D eigenvalue weighted by Gasteiger charge is 2.29. The van der Waals surface area contributed by atoms with Crippen LogP contribution in [0.25, 0.3) is 6.08 Å². The Morgan fingerprint density at radius 3 is 2.57 bits per heavy atom. The number of nitro benzene ring substituents is 1. The lowest BCUT2D eigenvalue weighted by Crippen LogP contribution is -2.29. The van der Waals surface area contributed by atoms with E-state index in [-0.39, 0.29) is 23.0 Å². The molecule has 9 nitrogen and oxygen atoms in total. The number of guanidine groups is 1. The van der Waals surface area contributed by atoms with Crippen molar-refractivity contribution < 1.29 is 18.9 Å². The summed E-state index contributed by atoms with van der Waals surface area (Å²) in [6.07, 6.45) is 1.50. The molecule has 0 saturated carbocycles. The molecule has 0 radical (unpaired) electrons. The minimum Gasteiger partial charge on any atom is -0.310 e. The van der Waals surface area contributed by atoms with Crippen LogP contribution in [0.2, 0.25) is 0 Å². The maximum absolute atomic E-state index is 13.6. The molecular formula is C18H14FN5O4. The van der Waals surface area contributed by atoms with Crippen LogP contribution in [0.3, 0.4) is 0 Å². The van der Waals surface area contributed by atoms with Crippen molar-refractivity contribution in [1.82, 2.24) is 10.2 Å².